The summed E-state index contributed by atoms with van der Waals surface area (Å²) in [6.07, 6.45) is 5.19. The summed E-state index contributed by atoms with van der Waals surface area (Å²) in [6.45, 7) is 3.79. The molecule has 0 N–H and O–H groups in total. The van der Waals surface area contributed by atoms with E-state index in [4.69, 9.17) is 4.42 Å². The third-order valence-electron chi connectivity index (χ3n) is 4.55. The van der Waals surface area contributed by atoms with E-state index in [2.05, 4.69) is 31.2 Å². The molecule has 1 saturated heterocycles. The molecular formula is C19H23NO2. The largest absolute Gasteiger partial charge is 0.469 e. The van der Waals surface area contributed by atoms with Crippen LogP contribution in [0.2, 0.25) is 0 Å². The first-order valence-electron chi connectivity index (χ1n) is 8.15. The van der Waals surface area contributed by atoms with Crippen LogP contribution in [0.4, 0.5) is 0 Å². The van der Waals surface area contributed by atoms with E-state index >= 15 is 0 Å². The number of hydrogen-bond acceptors (Lipinski definition) is 2. The molecule has 1 aliphatic heterocycles. The minimum atomic E-state index is 0.258. The number of benzene rings is 1. The first kappa shape index (κ1) is 14.9. The Bertz CT molecular complexity index is 601. The lowest BCUT2D eigenvalue weighted by molar-refractivity contribution is -0.130. The van der Waals surface area contributed by atoms with Crippen molar-refractivity contribution >= 4 is 5.91 Å². The summed E-state index contributed by atoms with van der Waals surface area (Å²) in [6, 6.07) is 12.5. The summed E-state index contributed by atoms with van der Waals surface area (Å²) in [7, 11) is 0. The second-order valence-corrected chi connectivity index (χ2v) is 6.01. The number of rotatable bonds is 5. The van der Waals surface area contributed by atoms with Gasteiger partial charge in [-0.15, -0.1) is 0 Å². The third-order valence-corrected chi connectivity index (χ3v) is 4.55. The standard InChI is InChI=1S/C19H23NO2/c1-2-15-5-7-16(8-6-15)9-10-19(21)20-12-11-17(14-20)18-4-3-13-22-18/h3-8,13,17H,2,9-12,14H2,1H3. The average Bonchev–Trinajstić information content (AvgIpc) is 3.23. The molecule has 3 heteroatoms. The minimum absolute atomic E-state index is 0.258. The summed E-state index contributed by atoms with van der Waals surface area (Å²) >= 11 is 0. The molecule has 0 radical (unpaired) electrons. The lowest BCUT2D eigenvalue weighted by Crippen LogP contribution is -2.28. The third kappa shape index (κ3) is 3.41. The number of aryl methyl sites for hydroxylation is 2. The second-order valence-electron chi connectivity index (χ2n) is 6.01. The van der Waals surface area contributed by atoms with E-state index in [9.17, 15) is 4.79 Å². The van der Waals surface area contributed by atoms with Crippen molar-refractivity contribution in [1.29, 1.82) is 0 Å². The Kier molecular flexibility index (Phi) is 4.62. The SMILES string of the molecule is CCc1ccc(CCC(=O)N2CCC(c3ccco3)C2)cc1. The van der Waals surface area contributed by atoms with Crippen LogP contribution < -0.4 is 0 Å². The number of furan rings is 1. The highest BCUT2D eigenvalue weighted by atomic mass is 16.3. The zero-order chi connectivity index (χ0) is 15.4. The number of carbonyl (C=O) groups excluding carboxylic acids is 1. The van der Waals surface area contributed by atoms with Crippen LogP contribution >= 0.6 is 0 Å². The molecule has 1 aliphatic rings. The molecule has 1 amide bonds. The highest BCUT2D eigenvalue weighted by Crippen LogP contribution is 2.27. The monoisotopic (exact) mass is 297 g/mol. The highest BCUT2D eigenvalue weighted by Gasteiger charge is 2.28. The Morgan fingerprint density at radius 3 is 2.68 bits per heavy atom. The van der Waals surface area contributed by atoms with Gasteiger partial charge in [-0.1, -0.05) is 31.2 Å². The van der Waals surface area contributed by atoms with Gasteiger partial charge in [-0.3, -0.25) is 4.79 Å². The van der Waals surface area contributed by atoms with Gasteiger partial charge in [0.25, 0.3) is 0 Å². The molecule has 2 aromatic rings. The number of likely N-dealkylation sites (tertiary alicyclic amines) is 1. The van der Waals surface area contributed by atoms with E-state index in [1.807, 2.05) is 17.0 Å². The average molecular weight is 297 g/mol. The molecular weight excluding hydrogens is 274 g/mol. The fourth-order valence-electron chi connectivity index (χ4n) is 3.09. The van der Waals surface area contributed by atoms with Crippen molar-refractivity contribution in [3.05, 3.63) is 59.5 Å². The van der Waals surface area contributed by atoms with Crippen LogP contribution in [0.5, 0.6) is 0 Å². The van der Waals surface area contributed by atoms with Gasteiger partial charge in [0.1, 0.15) is 5.76 Å². The fraction of sp³-hybridized carbons (Fsp3) is 0.421. The molecule has 1 fully saturated rings. The zero-order valence-corrected chi connectivity index (χ0v) is 13.1. The maximum absolute atomic E-state index is 12.4. The quantitative estimate of drug-likeness (QED) is 0.841. The molecule has 0 saturated carbocycles. The van der Waals surface area contributed by atoms with E-state index in [-0.39, 0.29) is 5.91 Å². The molecule has 0 aliphatic carbocycles. The van der Waals surface area contributed by atoms with Gasteiger partial charge >= 0.3 is 0 Å². The van der Waals surface area contributed by atoms with Gasteiger partial charge < -0.3 is 9.32 Å². The van der Waals surface area contributed by atoms with Gasteiger partial charge in [0, 0.05) is 25.4 Å². The molecule has 3 nitrogen and oxygen atoms in total. The van der Waals surface area contributed by atoms with E-state index < -0.39 is 0 Å². The normalized spacial score (nSPS) is 17.9. The first-order valence-corrected chi connectivity index (χ1v) is 8.15. The van der Waals surface area contributed by atoms with Crippen LogP contribution in [0.25, 0.3) is 0 Å². The maximum atomic E-state index is 12.4. The topological polar surface area (TPSA) is 33.5 Å². The van der Waals surface area contributed by atoms with Crippen LogP contribution in [0.3, 0.4) is 0 Å². The Hall–Kier alpha value is -2.03. The van der Waals surface area contributed by atoms with Crippen LogP contribution in [0.1, 0.15) is 42.6 Å². The van der Waals surface area contributed by atoms with Gasteiger partial charge in [0.2, 0.25) is 5.91 Å². The molecule has 1 atom stereocenters. The number of amides is 1. The van der Waals surface area contributed by atoms with E-state index in [1.165, 1.54) is 11.1 Å². The maximum Gasteiger partial charge on any atom is 0.222 e. The van der Waals surface area contributed by atoms with Crippen molar-refractivity contribution < 1.29 is 9.21 Å². The predicted octanol–water partition coefficient (Wildman–Crippen LogP) is 3.79. The number of hydrogen-bond donors (Lipinski definition) is 0. The zero-order valence-electron chi connectivity index (χ0n) is 13.1. The van der Waals surface area contributed by atoms with E-state index in [0.717, 1.165) is 38.1 Å². The van der Waals surface area contributed by atoms with Crippen LogP contribution in [0.15, 0.2) is 47.1 Å². The smallest absolute Gasteiger partial charge is 0.222 e. The Balaban J connectivity index is 1.50. The first-order chi connectivity index (χ1) is 10.8. The van der Waals surface area contributed by atoms with Crippen LogP contribution in [0, 0.1) is 0 Å². The molecule has 1 unspecified atom stereocenters. The van der Waals surface area contributed by atoms with Gasteiger partial charge in [0.05, 0.1) is 6.26 Å². The van der Waals surface area contributed by atoms with Crippen molar-refractivity contribution in [1.82, 2.24) is 4.90 Å². The minimum Gasteiger partial charge on any atom is -0.469 e. The van der Waals surface area contributed by atoms with Crippen molar-refractivity contribution in [3.8, 4) is 0 Å². The molecule has 2 heterocycles. The van der Waals surface area contributed by atoms with Crippen LogP contribution in [-0.2, 0) is 17.6 Å². The summed E-state index contributed by atoms with van der Waals surface area (Å²) < 4.78 is 5.46. The molecule has 116 valence electrons. The molecule has 0 bridgehead atoms. The second kappa shape index (κ2) is 6.82. The van der Waals surface area contributed by atoms with Crippen molar-refractivity contribution in [3.63, 3.8) is 0 Å². The van der Waals surface area contributed by atoms with Crippen molar-refractivity contribution in [2.75, 3.05) is 13.1 Å². The summed E-state index contributed by atoms with van der Waals surface area (Å²) in [4.78, 5) is 14.3. The van der Waals surface area contributed by atoms with Crippen molar-refractivity contribution in [2.24, 2.45) is 0 Å². The summed E-state index contributed by atoms with van der Waals surface area (Å²) in [5.74, 6) is 1.63. The fourth-order valence-corrected chi connectivity index (χ4v) is 3.09. The van der Waals surface area contributed by atoms with E-state index in [0.29, 0.717) is 12.3 Å². The summed E-state index contributed by atoms with van der Waals surface area (Å²) in [5, 5.41) is 0. The molecule has 1 aromatic carbocycles. The number of nitrogens with zero attached hydrogens (tertiary/aromatic N) is 1. The Labute approximate surface area is 131 Å². The predicted molar refractivity (Wildman–Crippen MR) is 86.8 cm³/mol. The molecule has 1 aromatic heterocycles. The van der Waals surface area contributed by atoms with Gasteiger partial charge in [0.15, 0.2) is 0 Å². The molecule has 22 heavy (non-hydrogen) atoms. The Morgan fingerprint density at radius 1 is 1.23 bits per heavy atom. The van der Waals surface area contributed by atoms with Gasteiger partial charge in [-0.05, 0) is 42.5 Å². The summed E-state index contributed by atoms with van der Waals surface area (Å²) in [5.41, 5.74) is 2.59. The molecule has 3 rings (SSSR count). The lowest BCUT2D eigenvalue weighted by atomic mass is 10.1. The highest BCUT2D eigenvalue weighted by molar-refractivity contribution is 5.76. The molecule has 0 spiro atoms. The number of carbonyl (C=O) groups is 1. The Morgan fingerprint density at radius 2 is 2.00 bits per heavy atom. The van der Waals surface area contributed by atoms with Gasteiger partial charge in [-0.25, -0.2) is 0 Å². The lowest BCUT2D eigenvalue weighted by Gasteiger charge is -2.16. The van der Waals surface area contributed by atoms with Crippen molar-refractivity contribution in [2.45, 2.75) is 38.5 Å². The van der Waals surface area contributed by atoms with Gasteiger partial charge in [-0.2, -0.15) is 0 Å². The van der Waals surface area contributed by atoms with Crippen LogP contribution in [-0.4, -0.2) is 23.9 Å². The van der Waals surface area contributed by atoms with E-state index in [1.54, 1.807) is 6.26 Å².